The SMILES string of the molecule is CCCN1CCC(N(C)C(=O)CCCCBr)CC1. The number of piperidine rings is 1. The predicted octanol–water partition coefficient (Wildman–Crippen LogP) is 2.88. The lowest BCUT2D eigenvalue weighted by Gasteiger charge is -2.36. The number of likely N-dealkylation sites (tertiary alicyclic amines) is 1. The van der Waals surface area contributed by atoms with Gasteiger partial charge in [-0.25, -0.2) is 0 Å². The number of hydrogen-bond donors (Lipinski definition) is 0. The Morgan fingerprint density at radius 1 is 1.33 bits per heavy atom. The zero-order chi connectivity index (χ0) is 13.4. The fourth-order valence-corrected chi connectivity index (χ4v) is 2.99. The lowest BCUT2D eigenvalue weighted by atomic mass is 10.0. The number of unbranched alkanes of at least 4 members (excludes halogenated alkanes) is 1. The Kier molecular flexibility index (Phi) is 7.91. The molecule has 0 aromatic rings. The molecular formula is C14H27BrN2O. The Morgan fingerprint density at radius 3 is 2.56 bits per heavy atom. The Labute approximate surface area is 120 Å². The fraction of sp³-hybridized carbons (Fsp3) is 0.929. The van der Waals surface area contributed by atoms with Crippen molar-refractivity contribution < 1.29 is 4.79 Å². The minimum absolute atomic E-state index is 0.324. The van der Waals surface area contributed by atoms with Gasteiger partial charge < -0.3 is 9.80 Å². The molecule has 4 heteroatoms. The van der Waals surface area contributed by atoms with Crippen LogP contribution in [0.4, 0.5) is 0 Å². The summed E-state index contributed by atoms with van der Waals surface area (Å²) in [5.74, 6) is 0.324. The molecule has 1 amide bonds. The second kappa shape index (κ2) is 8.92. The quantitative estimate of drug-likeness (QED) is 0.532. The summed E-state index contributed by atoms with van der Waals surface area (Å²) >= 11 is 3.40. The maximum absolute atomic E-state index is 12.0. The molecule has 0 atom stereocenters. The number of rotatable bonds is 7. The third kappa shape index (κ3) is 5.27. The molecule has 0 radical (unpaired) electrons. The van der Waals surface area contributed by atoms with Crippen molar-refractivity contribution in [2.75, 3.05) is 32.0 Å². The number of hydrogen-bond acceptors (Lipinski definition) is 2. The molecule has 3 nitrogen and oxygen atoms in total. The molecule has 18 heavy (non-hydrogen) atoms. The smallest absolute Gasteiger partial charge is 0.222 e. The molecule has 0 N–H and O–H groups in total. The summed E-state index contributed by atoms with van der Waals surface area (Å²) in [6.45, 7) is 5.73. The van der Waals surface area contributed by atoms with Gasteiger partial charge in [0, 0.05) is 37.9 Å². The largest absolute Gasteiger partial charge is 0.343 e. The van der Waals surface area contributed by atoms with Crippen molar-refractivity contribution in [3.63, 3.8) is 0 Å². The Morgan fingerprint density at radius 2 is 2.00 bits per heavy atom. The first-order valence-electron chi connectivity index (χ1n) is 7.23. The van der Waals surface area contributed by atoms with Crippen molar-refractivity contribution >= 4 is 21.8 Å². The van der Waals surface area contributed by atoms with Gasteiger partial charge in [-0.1, -0.05) is 22.9 Å². The van der Waals surface area contributed by atoms with Crippen molar-refractivity contribution in [3.05, 3.63) is 0 Å². The normalized spacial score (nSPS) is 17.9. The monoisotopic (exact) mass is 318 g/mol. The van der Waals surface area contributed by atoms with E-state index in [1.807, 2.05) is 11.9 Å². The van der Waals surface area contributed by atoms with E-state index in [1.54, 1.807) is 0 Å². The summed E-state index contributed by atoms with van der Waals surface area (Å²) in [5.41, 5.74) is 0. The Hall–Kier alpha value is -0.0900. The Balaban J connectivity index is 2.26. The van der Waals surface area contributed by atoms with Crippen molar-refractivity contribution in [1.29, 1.82) is 0 Å². The van der Waals surface area contributed by atoms with Crippen molar-refractivity contribution in [2.45, 2.75) is 51.5 Å². The highest BCUT2D eigenvalue weighted by molar-refractivity contribution is 9.09. The van der Waals surface area contributed by atoms with E-state index in [9.17, 15) is 4.79 Å². The second-order valence-electron chi connectivity index (χ2n) is 5.22. The van der Waals surface area contributed by atoms with Crippen LogP contribution in [0.2, 0.25) is 0 Å². The van der Waals surface area contributed by atoms with E-state index in [0.29, 0.717) is 18.4 Å². The third-order valence-electron chi connectivity index (χ3n) is 3.81. The topological polar surface area (TPSA) is 23.6 Å². The first-order valence-corrected chi connectivity index (χ1v) is 8.35. The molecule has 1 aliphatic rings. The minimum Gasteiger partial charge on any atom is -0.343 e. The lowest BCUT2D eigenvalue weighted by Crippen LogP contribution is -2.45. The molecule has 0 aromatic heterocycles. The van der Waals surface area contributed by atoms with E-state index in [1.165, 1.54) is 13.0 Å². The molecule has 1 saturated heterocycles. The highest BCUT2D eigenvalue weighted by atomic mass is 79.9. The van der Waals surface area contributed by atoms with Crippen molar-refractivity contribution in [1.82, 2.24) is 9.80 Å². The van der Waals surface area contributed by atoms with Gasteiger partial charge in [0.05, 0.1) is 0 Å². The van der Waals surface area contributed by atoms with Gasteiger partial charge in [-0.15, -0.1) is 0 Å². The maximum Gasteiger partial charge on any atom is 0.222 e. The van der Waals surface area contributed by atoms with Crippen molar-refractivity contribution in [2.24, 2.45) is 0 Å². The van der Waals surface area contributed by atoms with E-state index in [0.717, 1.165) is 44.1 Å². The number of alkyl halides is 1. The maximum atomic E-state index is 12.0. The molecule has 1 rings (SSSR count). The van der Waals surface area contributed by atoms with Crippen LogP contribution in [0.15, 0.2) is 0 Å². The molecule has 0 unspecified atom stereocenters. The van der Waals surface area contributed by atoms with Crippen LogP contribution >= 0.6 is 15.9 Å². The summed E-state index contributed by atoms with van der Waals surface area (Å²) in [5, 5.41) is 0.999. The van der Waals surface area contributed by atoms with E-state index >= 15 is 0 Å². The standard InChI is InChI=1S/C14H27BrN2O/c1-3-10-17-11-7-13(8-12-17)16(2)14(18)6-4-5-9-15/h13H,3-12H2,1-2H3. The average Bonchev–Trinajstić information content (AvgIpc) is 2.39. The number of halogens is 1. The first kappa shape index (κ1) is 16.0. The molecule has 0 saturated carbocycles. The molecule has 0 aromatic carbocycles. The van der Waals surface area contributed by atoms with Gasteiger partial charge in [0.15, 0.2) is 0 Å². The van der Waals surface area contributed by atoms with Gasteiger partial charge in [0.25, 0.3) is 0 Å². The van der Waals surface area contributed by atoms with Crippen LogP contribution in [0.1, 0.15) is 45.4 Å². The van der Waals surface area contributed by atoms with Gasteiger partial charge in [0.2, 0.25) is 5.91 Å². The van der Waals surface area contributed by atoms with Crippen molar-refractivity contribution in [3.8, 4) is 0 Å². The summed E-state index contributed by atoms with van der Waals surface area (Å²) in [7, 11) is 1.98. The van der Waals surface area contributed by atoms with Crippen LogP contribution in [0.25, 0.3) is 0 Å². The highest BCUT2D eigenvalue weighted by Crippen LogP contribution is 2.17. The van der Waals surface area contributed by atoms with Gasteiger partial charge >= 0.3 is 0 Å². The van der Waals surface area contributed by atoms with Gasteiger partial charge in [-0.3, -0.25) is 4.79 Å². The highest BCUT2D eigenvalue weighted by Gasteiger charge is 2.24. The third-order valence-corrected chi connectivity index (χ3v) is 4.37. The predicted molar refractivity (Wildman–Crippen MR) is 80.2 cm³/mol. The molecule has 106 valence electrons. The zero-order valence-electron chi connectivity index (χ0n) is 11.8. The zero-order valence-corrected chi connectivity index (χ0v) is 13.4. The number of amides is 1. The van der Waals surface area contributed by atoms with E-state index in [2.05, 4.69) is 27.8 Å². The van der Waals surface area contributed by atoms with E-state index in [4.69, 9.17) is 0 Å². The Bertz CT molecular complexity index is 240. The summed E-state index contributed by atoms with van der Waals surface area (Å²) in [6.07, 6.45) is 6.31. The number of carbonyl (C=O) groups excluding carboxylic acids is 1. The summed E-state index contributed by atoms with van der Waals surface area (Å²) < 4.78 is 0. The first-order chi connectivity index (χ1) is 8.69. The molecule has 0 bridgehead atoms. The van der Waals surface area contributed by atoms with Crippen LogP contribution in [-0.4, -0.2) is 53.8 Å². The molecule has 1 aliphatic heterocycles. The van der Waals surface area contributed by atoms with E-state index < -0.39 is 0 Å². The average molecular weight is 319 g/mol. The van der Waals surface area contributed by atoms with Crippen LogP contribution in [-0.2, 0) is 4.79 Å². The van der Waals surface area contributed by atoms with E-state index in [-0.39, 0.29) is 0 Å². The number of carbonyl (C=O) groups is 1. The molecule has 0 aliphatic carbocycles. The second-order valence-corrected chi connectivity index (χ2v) is 6.02. The fourth-order valence-electron chi connectivity index (χ4n) is 2.60. The number of nitrogens with zero attached hydrogens (tertiary/aromatic N) is 2. The van der Waals surface area contributed by atoms with Crippen LogP contribution in [0, 0.1) is 0 Å². The summed E-state index contributed by atoms with van der Waals surface area (Å²) in [6, 6.07) is 0.467. The minimum atomic E-state index is 0.324. The lowest BCUT2D eigenvalue weighted by molar-refractivity contribution is -0.132. The molecule has 0 spiro atoms. The van der Waals surface area contributed by atoms with Gasteiger partial charge in [0.1, 0.15) is 0 Å². The molecular weight excluding hydrogens is 292 g/mol. The molecule has 1 heterocycles. The summed E-state index contributed by atoms with van der Waals surface area (Å²) in [4.78, 5) is 16.5. The van der Waals surface area contributed by atoms with Crippen LogP contribution in [0.3, 0.4) is 0 Å². The molecule has 1 fully saturated rings. The van der Waals surface area contributed by atoms with Gasteiger partial charge in [-0.2, -0.15) is 0 Å². The van der Waals surface area contributed by atoms with Gasteiger partial charge in [-0.05, 0) is 38.6 Å². The van der Waals surface area contributed by atoms with Crippen LogP contribution < -0.4 is 0 Å². The van der Waals surface area contributed by atoms with Crippen LogP contribution in [0.5, 0.6) is 0 Å².